The van der Waals surface area contributed by atoms with Gasteiger partial charge < -0.3 is 18.2 Å². The van der Waals surface area contributed by atoms with E-state index < -0.39 is 7.11 Å². The Morgan fingerprint density at radius 3 is 1.86 bits per heavy atom. The van der Waals surface area contributed by atoms with Gasteiger partial charge in [0.1, 0.15) is 0 Å². The first-order valence-corrected chi connectivity index (χ1v) is 2.10. The second-order valence-corrected chi connectivity index (χ2v) is 1.27. The Balaban J connectivity index is 3.15. The maximum absolute atomic E-state index is 11.1. The molecule has 0 saturated carbocycles. The molecule has 7 heavy (non-hydrogen) atoms. The Labute approximate surface area is 40.0 Å². The molecule has 0 saturated heterocycles. The van der Waals surface area contributed by atoms with E-state index in [1.807, 2.05) is 0 Å². The average Bonchev–Trinajstić information content (AvgIpc) is 1.30. The van der Waals surface area contributed by atoms with Gasteiger partial charge in [0, 0.05) is 6.54 Å². The van der Waals surface area contributed by atoms with E-state index in [9.17, 15) is 12.9 Å². The predicted molar refractivity (Wildman–Crippen MR) is 21.5 cm³/mol. The third kappa shape index (κ3) is 5.81. The first-order chi connectivity index (χ1) is 3.06. The number of halogens is 3. The zero-order valence-corrected chi connectivity index (χ0v) is 4.00. The fourth-order valence-electron chi connectivity index (χ4n) is 0.267. The lowest BCUT2D eigenvalue weighted by Crippen LogP contribution is -2.95. The van der Waals surface area contributed by atoms with Crippen LogP contribution in [-0.4, -0.2) is 13.7 Å². The fourth-order valence-corrected chi connectivity index (χ4v) is 0.267. The van der Waals surface area contributed by atoms with Crippen molar-refractivity contribution >= 4 is 7.11 Å². The molecule has 0 fully saturated rings. The lowest BCUT2D eigenvalue weighted by Gasteiger charge is -2.06. The molecule has 0 aliphatic heterocycles. The van der Waals surface area contributed by atoms with Crippen LogP contribution in [0.1, 0.15) is 6.92 Å². The molecular formula is C2H7BF3N. The highest BCUT2D eigenvalue weighted by molar-refractivity contribution is 6.48. The Kier molecular flexibility index (Phi) is 2.15. The van der Waals surface area contributed by atoms with E-state index in [0.717, 1.165) is 0 Å². The van der Waals surface area contributed by atoms with Crippen molar-refractivity contribution in [2.75, 3.05) is 6.54 Å². The maximum Gasteiger partial charge on any atom is 0.730 e. The first-order valence-electron chi connectivity index (χ1n) is 2.10. The lowest BCUT2D eigenvalue weighted by molar-refractivity contribution is -0.556. The summed E-state index contributed by atoms with van der Waals surface area (Å²) in [5.41, 5.74) is 0. The monoisotopic (exact) mass is 113 g/mol. The highest BCUT2D eigenvalue weighted by Crippen LogP contribution is 1.93. The van der Waals surface area contributed by atoms with Crippen molar-refractivity contribution in [1.29, 1.82) is 0 Å². The summed E-state index contributed by atoms with van der Waals surface area (Å²) in [6.07, 6.45) is 0. The minimum absolute atomic E-state index is 0.0868. The van der Waals surface area contributed by atoms with Crippen LogP contribution in [0.15, 0.2) is 0 Å². The molecule has 0 rings (SSSR count). The Hall–Kier alpha value is -0.185. The van der Waals surface area contributed by atoms with Gasteiger partial charge in [0.05, 0.1) is 0 Å². The molecule has 0 bridgehead atoms. The van der Waals surface area contributed by atoms with Crippen LogP contribution in [0.25, 0.3) is 0 Å². The van der Waals surface area contributed by atoms with Crippen LogP contribution in [-0.2, 0) is 0 Å². The van der Waals surface area contributed by atoms with E-state index in [4.69, 9.17) is 0 Å². The molecule has 0 unspecified atom stereocenters. The van der Waals surface area contributed by atoms with Gasteiger partial charge in [0.15, 0.2) is 0 Å². The van der Waals surface area contributed by atoms with Crippen molar-refractivity contribution < 1.29 is 18.2 Å². The van der Waals surface area contributed by atoms with Crippen LogP contribution < -0.4 is 5.23 Å². The van der Waals surface area contributed by atoms with E-state index in [2.05, 4.69) is 0 Å². The summed E-state index contributed by atoms with van der Waals surface area (Å²) < 4.78 is 33.2. The number of rotatable bonds is 2. The van der Waals surface area contributed by atoms with Crippen molar-refractivity contribution in [3.63, 3.8) is 0 Å². The summed E-state index contributed by atoms with van der Waals surface area (Å²) in [7, 11) is -4.62. The minimum atomic E-state index is -4.62. The minimum Gasteiger partial charge on any atom is -0.444 e. The third-order valence-electron chi connectivity index (χ3n) is 0.503. The van der Waals surface area contributed by atoms with Gasteiger partial charge in [-0.05, 0) is 6.92 Å². The molecule has 0 aromatic carbocycles. The van der Waals surface area contributed by atoms with Gasteiger partial charge in [-0.25, -0.2) is 0 Å². The topological polar surface area (TPSA) is 16.6 Å². The smallest absolute Gasteiger partial charge is 0.444 e. The molecule has 0 atom stereocenters. The Bertz CT molecular complexity index is 51.4. The molecule has 0 aromatic rings. The molecule has 44 valence electrons. The van der Waals surface area contributed by atoms with Crippen LogP contribution in [0.5, 0.6) is 0 Å². The van der Waals surface area contributed by atoms with Gasteiger partial charge in [-0.2, -0.15) is 0 Å². The molecule has 0 radical (unpaired) electrons. The molecule has 1 nitrogen and oxygen atoms in total. The maximum atomic E-state index is 11.1. The summed E-state index contributed by atoms with van der Waals surface area (Å²) in [4.78, 5) is 0. The van der Waals surface area contributed by atoms with Crippen LogP contribution >= 0.6 is 0 Å². The van der Waals surface area contributed by atoms with E-state index in [0.29, 0.717) is 5.23 Å². The van der Waals surface area contributed by atoms with Gasteiger partial charge in [-0.1, -0.05) is 0 Å². The molecule has 5 heteroatoms. The Morgan fingerprint density at radius 2 is 1.86 bits per heavy atom. The molecule has 0 aliphatic rings. The van der Waals surface area contributed by atoms with Crippen LogP contribution in [0, 0.1) is 0 Å². The van der Waals surface area contributed by atoms with Gasteiger partial charge >= 0.3 is 7.11 Å². The lowest BCUT2D eigenvalue weighted by atomic mass is 10.2. The predicted octanol–water partition coefficient (Wildman–Crippen LogP) is -0.0862. The summed E-state index contributed by atoms with van der Waals surface area (Å²) in [6, 6.07) is 0. The fraction of sp³-hybridized carbons (Fsp3) is 1.00. The number of quaternary nitrogens is 1. The van der Waals surface area contributed by atoms with Gasteiger partial charge in [-0.3, -0.25) is 0 Å². The molecule has 0 spiro atoms. The summed E-state index contributed by atoms with van der Waals surface area (Å²) >= 11 is 0. The zero-order valence-electron chi connectivity index (χ0n) is 4.00. The number of nitrogens with two attached hydrogens (primary N) is 1. The van der Waals surface area contributed by atoms with Crippen molar-refractivity contribution in [2.24, 2.45) is 0 Å². The van der Waals surface area contributed by atoms with Crippen molar-refractivity contribution in [2.45, 2.75) is 6.92 Å². The standard InChI is InChI=1S/C2H7BF3N/c1-2-7-3(4,5)6/h2,7H2,1H3. The van der Waals surface area contributed by atoms with Crippen molar-refractivity contribution in [1.82, 2.24) is 0 Å². The molecule has 0 amide bonds. The van der Waals surface area contributed by atoms with Crippen LogP contribution in [0.2, 0.25) is 0 Å². The van der Waals surface area contributed by atoms with Crippen LogP contribution in [0.4, 0.5) is 12.9 Å². The normalized spacial score (nSPS) is 12.0. The molecule has 0 aromatic heterocycles. The largest absolute Gasteiger partial charge is 0.730 e. The quantitative estimate of drug-likeness (QED) is 0.482. The average molecular weight is 113 g/mol. The molecule has 0 heterocycles. The second kappa shape index (κ2) is 2.21. The van der Waals surface area contributed by atoms with E-state index in [1.165, 1.54) is 6.92 Å². The summed E-state index contributed by atoms with van der Waals surface area (Å²) in [6.45, 7) is 1.55. The Morgan fingerprint density at radius 1 is 1.43 bits per heavy atom. The van der Waals surface area contributed by atoms with Gasteiger partial charge in [-0.15, -0.1) is 0 Å². The molecule has 2 N–H and O–H groups in total. The van der Waals surface area contributed by atoms with E-state index in [1.54, 1.807) is 0 Å². The van der Waals surface area contributed by atoms with E-state index in [-0.39, 0.29) is 6.54 Å². The highest BCUT2D eigenvalue weighted by Gasteiger charge is 2.30. The zero-order chi connectivity index (χ0) is 5.91. The van der Waals surface area contributed by atoms with E-state index >= 15 is 0 Å². The molecule has 0 aliphatic carbocycles. The number of hydrogen-bond acceptors (Lipinski definition) is 0. The SMILES string of the molecule is CC[NH2+][B-](F)(F)F. The number of hydrogen-bond donors (Lipinski definition) is 1. The third-order valence-corrected chi connectivity index (χ3v) is 0.503. The van der Waals surface area contributed by atoms with Gasteiger partial charge in [0.2, 0.25) is 0 Å². The first kappa shape index (κ1) is 6.81. The van der Waals surface area contributed by atoms with Crippen molar-refractivity contribution in [3.05, 3.63) is 0 Å². The summed E-state index contributed by atoms with van der Waals surface area (Å²) in [5.74, 6) is 0. The highest BCUT2D eigenvalue weighted by atomic mass is 19.4. The van der Waals surface area contributed by atoms with Gasteiger partial charge in [0.25, 0.3) is 0 Å². The second-order valence-electron chi connectivity index (χ2n) is 1.27. The molecular weight excluding hydrogens is 106 g/mol. The van der Waals surface area contributed by atoms with Crippen LogP contribution in [0.3, 0.4) is 0 Å². The summed E-state index contributed by atoms with van der Waals surface area (Å²) in [5, 5.41) is 0.375. The van der Waals surface area contributed by atoms with Crippen molar-refractivity contribution in [3.8, 4) is 0 Å².